The summed E-state index contributed by atoms with van der Waals surface area (Å²) in [4.78, 5) is 10.6. The molecule has 0 fully saturated rings. The summed E-state index contributed by atoms with van der Waals surface area (Å²) >= 11 is 3.39. The molecule has 0 saturated heterocycles. The number of halogens is 1. The third-order valence-electron chi connectivity index (χ3n) is 2.57. The molecule has 1 aromatic heterocycles. The zero-order chi connectivity index (χ0) is 13.7. The van der Waals surface area contributed by atoms with Gasteiger partial charge in [-0.05, 0) is 23.3 Å². The van der Waals surface area contributed by atoms with Gasteiger partial charge in [-0.15, -0.1) is 0 Å². The first-order valence-corrected chi connectivity index (χ1v) is 6.57. The lowest BCUT2D eigenvalue weighted by Gasteiger charge is -1.95. The number of hydrogen-bond donors (Lipinski definition) is 1. The Kier molecular flexibility index (Phi) is 4.47. The van der Waals surface area contributed by atoms with Gasteiger partial charge in [-0.25, -0.2) is 4.79 Å². The normalized spacial score (nSPS) is 10.8. The molecular weight excluding hydrogens is 306 g/mol. The Morgan fingerprint density at radius 2 is 1.58 bits per heavy atom. The number of hydrogen-bond acceptors (Lipinski definition) is 1. The van der Waals surface area contributed by atoms with Crippen molar-refractivity contribution < 1.29 is 14.5 Å². The molecule has 2 rings (SSSR count). The Labute approximate surface area is 120 Å². The van der Waals surface area contributed by atoms with Crippen molar-refractivity contribution in [1.82, 2.24) is 0 Å². The maximum Gasteiger partial charge on any atom is 0.370 e. The van der Waals surface area contributed by atoms with E-state index in [4.69, 9.17) is 5.11 Å². The lowest BCUT2D eigenvalue weighted by Crippen LogP contribution is -2.36. The van der Waals surface area contributed by atoms with Crippen molar-refractivity contribution in [2.45, 2.75) is 6.54 Å². The second kappa shape index (κ2) is 6.29. The van der Waals surface area contributed by atoms with E-state index in [1.54, 1.807) is 17.0 Å². The van der Waals surface area contributed by atoms with Crippen molar-refractivity contribution >= 4 is 34.1 Å². The van der Waals surface area contributed by atoms with Crippen LogP contribution in [0.15, 0.2) is 53.3 Å². The fourth-order valence-electron chi connectivity index (χ4n) is 1.61. The largest absolute Gasteiger partial charge is 0.477 e. The van der Waals surface area contributed by atoms with Gasteiger partial charge in [0.15, 0.2) is 12.4 Å². The van der Waals surface area contributed by atoms with Crippen LogP contribution in [0.1, 0.15) is 11.1 Å². The summed E-state index contributed by atoms with van der Waals surface area (Å²) < 4.78 is 2.68. The van der Waals surface area contributed by atoms with E-state index in [1.807, 2.05) is 48.6 Å². The van der Waals surface area contributed by atoms with Gasteiger partial charge in [0.25, 0.3) is 0 Å². The standard InChI is InChI=1S/C15H12BrNO2/c16-14-5-3-12(4-6-14)1-2-13-7-9-17(10-8-13)11-15(18)19/h1-10H,11H2/p+1/b2-1-. The molecule has 2 aromatic rings. The lowest BCUT2D eigenvalue weighted by atomic mass is 10.1. The number of rotatable bonds is 4. The molecule has 0 aliphatic carbocycles. The molecule has 0 atom stereocenters. The van der Waals surface area contributed by atoms with Crippen molar-refractivity contribution in [2.24, 2.45) is 0 Å². The molecule has 1 N–H and O–H groups in total. The van der Waals surface area contributed by atoms with Crippen LogP contribution < -0.4 is 4.57 Å². The summed E-state index contributed by atoms with van der Waals surface area (Å²) in [6, 6.07) is 11.8. The Morgan fingerprint density at radius 1 is 1.05 bits per heavy atom. The van der Waals surface area contributed by atoms with E-state index in [1.165, 1.54) is 0 Å². The number of benzene rings is 1. The number of nitrogens with zero attached hydrogens (tertiary/aromatic N) is 1. The van der Waals surface area contributed by atoms with Crippen LogP contribution in [0, 0.1) is 0 Å². The number of aromatic nitrogens is 1. The Bertz CT molecular complexity index is 589. The summed E-state index contributed by atoms with van der Waals surface area (Å²) in [5, 5.41) is 8.67. The minimum atomic E-state index is -0.844. The molecule has 0 saturated carbocycles. The summed E-state index contributed by atoms with van der Waals surface area (Å²) in [5.41, 5.74) is 2.15. The highest BCUT2D eigenvalue weighted by Crippen LogP contribution is 2.12. The number of carboxylic acid groups (broad SMARTS) is 1. The molecule has 19 heavy (non-hydrogen) atoms. The van der Waals surface area contributed by atoms with Crippen LogP contribution in [0.25, 0.3) is 12.2 Å². The van der Waals surface area contributed by atoms with E-state index >= 15 is 0 Å². The molecule has 0 bridgehead atoms. The van der Waals surface area contributed by atoms with Crippen molar-refractivity contribution in [2.75, 3.05) is 0 Å². The van der Waals surface area contributed by atoms with Gasteiger partial charge < -0.3 is 5.11 Å². The van der Waals surface area contributed by atoms with Gasteiger partial charge in [0, 0.05) is 16.6 Å². The van der Waals surface area contributed by atoms with Gasteiger partial charge in [0.1, 0.15) is 0 Å². The predicted molar refractivity (Wildman–Crippen MR) is 77.3 cm³/mol. The Balaban J connectivity index is 2.06. The molecular formula is C15H13BrNO2+. The van der Waals surface area contributed by atoms with Gasteiger partial charge in [0.05, 0.1) is 0 Å². The molecule has 3 nitrogen and oxygen atoms in total. The number of carboxylic acids is 1. The second-order valence-corrected chi connectivity index (χ2v) is 5.00. The van der Waals surface area contributed by atoms with Crippen molar-refractivity contribution in [3.8, 4) is 0 Å². The summed E-state index contributed by atoms with van der Waals surface area (Å²) in [6.45, 7) is -0.0172. The van der Waals surface area contributed by atoms with Crippen molar-refractivity contribution in [3.63, 3.8) is 0 Å². The van der Waals surface area contributed by atoms with E-state index in [0.717, 1.165) is 15.6 Å². The van der Waals surface area contributed by atoms with Crippen LogP contribution in [0.2, 0.25) is 0 Å². The molecule has 0 unspecified atom stereocenters. The quantitative estimate of drug-likeness (QED) is 0.880. The smallest absolute Gasteiger partial charge is 0.370 e. The highest BCUT2D eigenvalue weighted by molar-refractivity contribution is 9.10. The first-order chi connectivity index (χ1) is 9.13. The topological polar surface area (TPSA) is 41.2 Å². The molecule has 1 aromatic carbocycles. The zero-order valence-corrected chi connectivity index (χ0v) is 11.7. The molecule has 0 amide bonds. The van der Waals surface area contributed by atoms with Gasteiger partial charge >= 0.3 is 5.97 Å². The van der Waals surface area contributed by atoms with Crippen molar-refractivity contribution in [1.29, 1.82) is 0 Å². The number of aliphatic carboxylic acids is 1. The minimum Gasteiger partial charge on any atom is -0.477 e. The van der Waals surface area contributed by atoms with Crippen LogP contribution in [0.5, 0.6) is 0 Å². The molecule has 0 spiro atoms. The molecule has 4 heteroatoms. The third-order valence-corrected chi connectivity index (χ3v) is 3.10. The number of pyridine rings is 1. The van der Waals surface area contributed by atoms with Gasteiger partial charge in [-0.1, -0.05) is 40.2 Å². The first kappa shape index (κ1) is 13.5. The Hall–Kier alpha value is -1.94. The monoisotopic (exact) mass is 318 g/mol. The highest BCUT2D eigenvalue weighted by Gasteiger charge is 2.05. The third kappa shape index (κ3) is 4.34. The fourth-order valence-corrected chi connectivity index (χ4v) is 1.87. The number of carbonyl (C=O) groups is 1. The first-order valence-electron chi connectivity index (χ1n) is 5.78. The van der Waals surface area contributed by atoms with Crippen LogP contribution in [0.3, 0.4) is 0 Å². The second-order valence-electron chi connectivity index (χ2n) is 4.08. The molecule has 0 radical (unpaired) electrons. The van der Waals surface area contributed by atoms with Crippen LogP contribution >= 0.6 is 15.9 Å². The highest BCUT2D eigenvalue weighted by atomic mass is 79.9. The van der Waals surface area contributed by atoms with Crippen molar-refractivity contribution in [3.05, 3.63) is 64.4 Å². The molecule has 96 valence electrons. The van der Waals surface area contributed by atoms with E-state index < -0.39 is 5.97 Å². The van der Waals surface area contributed by atoms with Crippen LogP contribution in [-0.2, 0) is 11.3 Å². The molecule has 0 aliphatic rings. The van der Waals surface area contributed by atoms with E-state index in [2.05, 4.69) is 15.9 Å². The summed E-state index contributed by atoms with van der Waals surface area (Å²) in [5.74, 6) is -0.844. The minimum absolute atomic E-state index is 0.0172. The fraction of sp³-hybridized carbons (Fsp3) is 0.0667. The Morgan fingerprint density at radius 3 is 2.11 bits per heavy atom. The van der Waals surface area contributed by atoms with E-state index in [0.29, 0.717) is 0 Å². The van der Waals surface area contributed by atoms with Gasteiger partial charge in [-0.2, -0.15) is 4.57 Å². The molecule has 0 aliphatic heterocycles. The van der Waals surface area contributed by atoms with Gasteiger partial charge in [-0.3, -0.25) is 0 Å². The lowest BCUT2D eigenvalue weighted by molar-refractivity contribution is -0.685. The average Bonchev–Trinajstić information content (AvgIpc) is 2.39. The predicted octanol–water partition coefficient (Wildman–Crippen LogP) is 2.99. The zero-order valence-electron chi connectivity index (χ0n) is 10.2. The van der Waals surface area contributed by atoms with Gasteiger partial charge in [0.2, 0.25) is 6.54 Å². The SMILES string of the molecule is O=C(O)C[n+]1ccc(/C=C\c2ccc(Br)cc2)cc1. The van der Waals surface area contributed by atoms with Crippen LogP contribution in [0.4, 0.5) is 0 Å². The van der Waals surface area contributed by atoms with E-state index in [-0.39, 0.29) is 6.54 Å². The van der Waals surface area contributed by atoms with E-state index in [9.17, 15) is 4.79 Å². The maximum absolute atomic E-state index is 10.6. The maximum atomic E-state index is 10.6. The molecule has 1 heterocycles. The average molecular weight is 319 g/mol. The summed E-state index contributed by atoms with van der Waals surface area (Å²) in [7, 11) is 0. The summed E-state index contributed by atoms with van der Waals surface area (Å²) in [6.07, 6.45) is 7.53. The van der Waals surface area contributed by atoms with Crippen LogP contribution in [-0.4, -0.2) is 11.1 Å².